The monoisotopic (exact) mass is 481 g/mol. The lowest BCUT2D eigenvalue weighted by Crippen LogP contribution is -2.40. The molecule has 1 aromatic carbocycles. The molecular formula is C28H27N5O3. The van der Waals surface area contributed by atoms with Crippen LogP contribution in [0.4, 0.5) is 0 Å². The first-order valence-electron chi connectivity index (χ1n) is 12.1. The predicted octanol–water partition coefficient (Wildman–Crippen LogP) is 3.65. The molecule has 2 aliphatic rings. The number of nitrogens with zero attached hydrogens (tertiary/aromatic N) is 5. The average molecular weight is 482 g/mol. The van der Waals surface area contributed by atoms with Gasteiger partial charge in [0.15, 0.2) is 6.23 Å². The summed E-state index contributed by atoms with van der Waals surface area (Å²) in [4.78, 5) is 25.6. The van der Waals surface area contributed by atoms with Crippen molar-refractivity contribution in [3.63, 3.8) is 0 Å². The number of amides is 1. The quantitative estimate of drug-likeness (QED) is 0.479. The van der Waals surface area contributed by atoms with Crippen LogP contribution < -0.4 is 0 Å². The highest BCUT2D eigenvalue weighted by atomic mass is 16.5. The molecule has 0 radical (unpaired) electrons. The molecule has 8 heteroatoms. The number of pyridine rings is 2. The first-order valence-corrected chi connectivity index (χ1v) is 12.1. The summed E-state index contributed by atoms with van der Waals surface area (Å²) in [5.41, 5.74) is 7.09. The van der Waals surface area contributed by atoms with Crippen LogP contribution in [-0.4, -0.2) is 61.5 Å². The number of fused-ring (bicyclic) bond motifs is 2. The van der Waals surface area contributed by atoms with Gasteiger partial charge in [-0.2, -0.15) is 0 Å². The fourth-order valence-electron chi connectivity index (χ4n) is 4.84. The van der Waals surface area contributed by atoms with Gasteiger partial charge in [0.1, 0.15) is 5.65 Å². The van der Waals surface area contributed by atoms with Crippen molar-refractivity contribution in [2.24, 2.45) is 0 Å². The average Bonchev–Trinajstić information content (AvgIpc) is 3.31. The highest BCUT2D eigenvalue weighted by Gasteiger charge is 2.25. The number of aromatic nitrogens is 3. The lowest BCUT2D eigenvalue weighted by Gasteiger charge is -2.31. The fourth-order valence-corrected chi connectivity index (χ4v) is 4.84. The SMILES string of the molecule is Cc1ccc2nc(CN3C=Cc4c(-c5ccc(C(=O)N6CCOCC6)cc5)cncc4C3O)cn2c1. The molecule has 182 valence electrons. The summed E-state index contributed by atoms with van der Waals surface area (Å²) in [5.74, 6) is 0.0196. The van der Waals surface area contributed by atoms with Crippen molar-refractivity contribution in [2.75, 3.05) is 26.3 Å². The van der Waals surface area contributed by atoms with Gasteiger partial charge in [-0.3, -0.25) is 9.78 Å². The van der Waals surface area contributed by atoms with Crippen molar-refractivity contribution >= 4 is 17.6 Å². The van der Waals surface area contributed by atoms with Gasteiger partial charge in [0.05, 0.1) is 25.5 Å². The van der Waals surface area contributed by atoms with Crippen LogP contribution in [0.15, 0.2) is 67.4 Å². The number of hydrogen-bond acceptors (Lipinski definition) is 6. The van der Waals surface area contributed by atoms with Gasteiger partial charge >= 0.3 is 0 Å². The summed E-state index contributed by atoms with van der Waals surface area (Å²) < 4.78 is 7.35. The number of carbonyl (C=O) groups excluding carboxylic acids is 1. The van der Waals surface area contributed by atoms with Gasteiger partial charge in [0.2, 0.25) is 0 Å². The Morgan fingerprint density at radius 3 is 2.69 bits per heavy atom. The van der Waals surface area contributed by atoms with Crippen LogP contribution in [0.3, 0.4) is 0 Å². The molecule has 1 N–H and O–H groups in total. The minimum Gasteiger partial charge on any atom is -0.378 e. The third kappa shape index (κ3) is 4.14. The molecule has 1 atom stereocenters. The van der Waals surface area contributed by atoms with Crippen molar-refractivity contribution in [3.8, 4) is 11.1 Å². The zero-order chi connectivity index (χ0) is 24.6. The van der Waals surface area contributed by atoms with Crippen LogP contribution in [0, 0.1) is 6.92 Å². The highest BCUT2D eigenvalue weighted by Crippen LogP contribution is 2.35. The maximum atomic E-state index is 12.8. The number of rotatable bonds is 4. The Labute approximate surface area is 209 Å². The van der Waals surface area contributed by atoms with E-state index in [0.29, 0.717) is 38.4 Å². The largest absolute Gasteiger partial charge is 0.378 e. The van der Waals surface area contributed by atoms with Crippen LogP contribution >= 0.6 is 0 Å². The Balaban J connectivity index is 1.23. The fraction of sp³-hybridized carbons (Fsp3) is 0.250. The zero-order valence-electron chi connectivity index (χ0n) is 20.0. The molecule has 3 aromatic heterocycles. The molecule has 1 saturated heterocycles. The van der Waals surface area contributed by atoms with E-state index in [0.717, 1.165) is 39.2 Å². The second kappa shape index (κ2) is 9.22. The van der Waals surface area contributed by atoms with Crippen molar-refractivity contribution in [3.05, 3.63) is 95.3 Å². The third-order valence-corrected chi connectivity index (χ3v) is 6.78. The molecule has 36 heavy (non-hydrogen) atoms. The van der Waals surface area contributed by atoms with Gasteiger partial charge in [0, 0.05) is 60.8 Å². The summed E-state index contributed by atoms with van der Waals surface area (Å²) in [6.45, 7) is 4.91. The molecule has 0 bridgehead atoms. The van der Waals surface area contributed by atoms with E-state index in [4.69, 9.17) is 4.74 Å². The van der Waals surface area contributed by atoms with E-state index in [1.807, 2.05) is 82.2 Å². The molecule has 0 aliphatic carbocycles. The molecule has 6 rings (SSSR count). The number of aryl methyl sites for hydroxylation is 1. The predicted molar refractivity (Wildman–Crippen MR) is 136 cm³/mol. The van der Waals surface area contributed by atoms with Crippen LogP contribution in [0.5, 0.6) is 0 Å². The van der Waals surface area contributed by atoms with E-state index in [2.05, 4.69) is 9.97 Å². The zero-order valence-corrected chi connectivity index (χ0v) is 20.0. The van der Waals surface area contributed by atoms with E-state index in [1.165, 1.54) is 0 Å². The number of aliphatic hydroxyl groups excluding tert-OH is 1. The Bertz CT molecular complexity index is 1450. The minimum absolute atomic E-state index is 0.0196. The Kier molecular flexibility index (Phi) is 5.75. The second-order valence-corrected chi connectivity index (χ2v) is 9.24. The molecule has 8 nitrogen and oxygen atoms in total. The summed E-state index contributed by atoms with van der Waals surface area (Å²) in [6, 6.07) is 11.6. The van der Waals surface area contributed by atoms with Gasteiger partial charge < -0.3 is 24.0 Å². The molecule has 4 aromatic rings. The van der Waals surface area contributed by atoms with Gasteiger partial charge in [-0.05, 0) is 47.9 Å². The van der Waals surface area contributed by atoms with Crippen LogP contribution in [0.25, 0.3) is 22.9 Å². The molecule has 5 heterocycles. The second-order valence-electron chi connectivity index (χ2n) is 9.24. The molecule has 1 unspecified atom stereocenters. The topological polar surface area (TPSA) is 83.2 Å². The molecule has 0 spiro atoms. The van der Waals surface area contributed by atoms with Gasteiger partial charge in [-0.25, -0.2) is 4.98 Å². The number of morpholine rings is 1. The van der Waals surface area contributed by atoms with Crippen molar-refractivity contribution < 1.29 is 14.6 Å². The third-order valence-electron chi connectivity index (χ3n) is 6.78. The van der Waals surface area contributed by atoms with Gasteiger partial charge in [-0.1, -0.05) is 18.2 Å². The van der Waals surface area contributed by atoms with E-state index >= 15 is 0 Å². The Morgan fingerprint density at radius 1 is 1.08 bits per heavy atom. The van der Waals surface area contributed by atoms with E-state index < -0.39 is 6.23 Å². The van der Waals surface area contributed by atoms with E-state index in [9.17, 15) is 9.90 Å². The van der Waals surface area contributed by atoms with E-state index in [-0.39, 0.29) is 5.91 Å². The number of hydrogen-bond donors (Lipinski definition) is 1. The number of carbonyl (C=O) groups is 1. The number of aliphatic hydroxyl groups is 1. The molecule has 2 aliphatic heterocycles. The minimum atomic E-state index is -0.842. The van der Waals surface area contributed by atoms with Crippen LogP contribution in [-0.2, 0) is 11.3 Å². The number of benzene rings is 1. The standard InChI is InChI=1S/C28H27N5O3/c1-19-2-7-26-30-22(18-33(26)16-19)17-32-9-8-23-24(14-29-15-25(23)28(32)35)20-3-5-21(6-4-20)27(34)31-10-12-36-13-11-31/h2-9,14-16,18,28,35H,10-13,17H2,1H3. The Morgan fingerprint density at radius 2 is 1.89 bits per heavy atom. The summed E-state index contributed by atoms with van der Waals surface area (Å²) in [7, 11) is 0. The summed E-state index contributed by atoms with van der Waals surface area (Å²) >= 11 is 0. The maximum absolute atomic E-state index is 12.8. The lowest BCUT2D eigenvalue weighted by atomic mass is 9.94. The molecule has 1 fully saturated rings. The van der Waals surface area contributed by atoms with Crippen molar-refractivity contribution in [1.82, 2.24) is 24.2 Å². The smallest absolute Gasteiger partial charge is 0.254 e. The van der Waals surface area contributed by atoms with Crippen LogP contribution in [0.1, 0.15) is 39.0 Å². The van der Waals surface area contributed by atoms with Crippen LogP contribution in [0.2, 0.25) is 0 Å². The highest BCUT2D eigenvalue weighted by molar-refractivity contribution is 5.95. The summed E-state index contributed by atoms with van der Waals surface area (Å²) in [6.07, 6.45) is 10.6. The van der Waals surface area contributed by atoms with E-state index in [1.54, 1.807) is 12.4 Å². The number of ether oxygens (including phenoxy) is 1. The first kappa shape index (κ1) is 22.5. The van der Waals surface area contributed by atoms with Crippen molar-refractivity contribution in [1.29, 1.82) is 0 Å². The maximum Gasteiger partial charge on any atom is 0.254 e. The lowest BCUT2D eigenvalue weighted by molar-refractivity contribution is 0.0287. The molecule has 1 amide bonds. The normalized spacial score (nSPS) is 17.4. The van der Waals surface area contributed by atoms with Gasteiger partial charge in [0.25, 0.3) is 5.91 Å². The number of imidazole rings is 1. The summed E-state index contributed by atoms with van der Waals surface area (Å²) in [5, 5.41) is 11.2. The Hall–Kier alpha value is -4.01. The molecule has 0 saturated carbocycles. The first-order chi connectivity index (χ1) is 17.6. The molecular weight excluding hydrogens is 454 g/mol. The van der Waals surface area contributed by atoms with Crippen molar-refractivity contribution in [2.45, 2.75) is 19.7 Å². The van der Waals surface area contributed by atoms with Gasteiger partial charge in [-0.15, -0.1) is 0 Å².